The highest BCUT2D eigenvalue weighted by Gasteiger charge is 2.37. The summed E-state index contributed by atoms with van der Waals surface area (Å²) in [4.78, 5) is 0. The van der Waals surface area contributed by atoms with Crippen LogP contribution in [0.1, 0.15) is 113 Å². The van der Waals surface area contributed by atoms with Crippen molar-refractivity contribution in [3.05, 3.63) is 35.4 Å². The van der Waals surface area contributed by atoms with Crippen LogP contribution in [-0.4, -0.2) is 29.8 Å². The molecule has 3 nitrogen and oxygen atoms in total. The molecule has 3 aliphatic carbocycles. The van der Waals surface area contributed by atoms with Crippen LogP contribution in [0.5, 0.6) is 0 Å². The summed E-state index contributed by atoms with van der Waals surface area (Å²) >= 11 is 12.4. The molecule has 0 amide bonds. The monoisotopic (exact) mass is 493 g/mol. The van der Waals surface area contributed by atoms with Crippen molar-refractivity contribution in [2.45, 2.75) is 132 Å². The summed E-state index contributed by atoms with van der Waals surface area (Å²) in [6, 6.07) is 10.6. The largest absolute Gasteiger partial charge is 0.284 e. The lowest BCUT2D eigenvalue weighted by atomic mass is 9.90. The molecule has 0 heterocycles. The molecular weight excluding hydrogens is 449 g/mol. The quantitative estimate of drug-likeness (QED) is 0.238. The van der Waals surface area contributed by atoms with Crippen LogP contribution in [0, 0.1) is 0 Å². The molecule has 0 aromatic heterocycles. The summed E-state index contributed by atoms with van der Waals surface area (Å²) in [5, 5.41) is 12.5. The third kappa shape index (κ3) is 7.84. The van der Waals surface area contributed by atoms with E-state index >= 15 is 0 Å². The summed E-state index contributed by atoms with van der Waals surface area (Å²) in [6.45, 7) is 0. The van der Waals surface area contributed by atoms with Gasteiger partial charge in [-0.1, -0.05) is 82.1 Å². The van der Waals surface area contributed by atoms with Crippen LogP contribution in [0.3, 0.4) is 0 Å². The lowest BCUT2D eigenvalue weighted by molar-refractivity contribution is 0.104. The van der Waals surface area contributed by atoms with Gasteiger partial charge in [-0.3, -0.25) is 16.0 Å². The number of nitrogens with one attached hydrogen (secondary N) is 3. The van der Waals surface area contributed by atoms with Gasteiger partial charge in [-0.05, 0) is 49.7 Å². The molecule has 1 atom stereocenters. The highest BCUT2D eigenvalue weighted by molar-refractivity contribution is 6.28. The van der Waals surface area contributed by atoms with E-state index in [1.54, 1.807) is 0 Å². The van der Waals surface area contributed by atoms with Crippen molar-refractivity contribution in [1.82, 2.24) is 16.0 Å². The summed E-state index contributed by atoms with van der Waals surface area (Å²) in [6.07, 6.45) is 21.0. The van der Waals surface area contributed by atoms with Crippen molar-refractivity contribution in [3.8, 4) is 0 Å². The highest BCUT2D eigenvalue weighted by Crippen LogP contribution is 2.27. The second-order valence-corrected chi connectivity index (χ2v) is 11.7. The van der Waals surface area contributed by atoms with E-state index in [1.807, 2.05) is 0 Å². The van der Waals surface area contributed by atoms with Gasteiger partial charge in [0.25, 0.3) is 0 Å². The summed E-state index contributed by atoms with van der Waals surface area (Å²) in [5.74, 6) is 0.195. The van der Waals surface area contributed by atoms with Gasteiger partial charge in [0.05, 0.1) is 5.38 Å². The first kappa shape index (κ1) is 25.8. The predicted octanol–water partition coefficient (Wildman–Crippen LogP) is 7.17. The molecule has 5 heteroatoms. The molecule has 1 unspecified atom stereocenters. The van der Waals surface area contributed by atoms with Crippen molar-refractivity contribution >= 4 is 23.2 Å². The number of hydrogen-bond acceptors (Lipinski definition) is 3. The molecule has 1 aromatic rings. The van der Waals surface area contributed by atoms with Crippen molar-refractivity contribution in [2.75, 3.05) is 5.88 Å². The Hall–Kier alpha value is -0.320. The lowest BCUT2D eigenvalue weighted by Crippen LogP contribution is -2.73. The third-order valence-electron chi connectivity index (χ3n) is 8.11. The van der Waals surface area contributed by atoms with Gasteiger partial charge in [0.15, 0.2) is 0 Å². The van der Waals surface area contributed by atoms with E-state index in [9.17, 15) is 0 Å². The molecule has 33 heavy (non-hydrogen) atoms. The Morgan fingerprint density at radius 3 is 1.42 bits per heavy atom. The van der Waals surface area contributed by atoms with Gasteiger partial charge in [0.2, 0.25) is 0 Å². The maximum atomic E-state index is 6.39. The predicted molar refractivity (Wildman–Crippen MR) is 142 cm³/mol. The van der Waals surface area contributed by atoms with E-state index in [1.165, 1.54) is 102 Å². The van der Waals surface area contributed by atoms with Crippen LogP contribution >= 0.6 is 23.2 Å². The fraction of sp³-hybridized carbons (Fsp3) is 0.786. The van der Waals surface area contributed by atoms with Crippen LogP contribution in [0.25, 0.3) is 0 Å². The van der Waals surface area contributed by atoms with Crippen molar-refractivity contribution in [3.63, 3.8) is 0 Å². The van der Waals surface area contributed by atoms with E-state index in [4.69, 9.17) is 23.2 Å². The molecule has 1 aromatic carbocycles. The molecule has 3 saturated carbocycles. The van der Waals surface area contributed by atoms with Crippen LogP contribution in [-0.2, 0) is 6.42 Å². The maximum absolute atomic E-state index is 6.39. The first-order chi connectivity index (χ1) is 16.2. The Morgan fingerprint density at radius 2 is 1.06 bits per heavy atom. The highest BCUT2D eigenvalue weighted by atomic mass is 35.5. The number of alkyl halides is 2. The summed E-state index contributed by atoms with van der Waals surface area (Å²) < 4.78 is 0. The minimum Gasteiger partial charge on any atom is -0.284 e. The minimum absolute atomic E-state index is 0.119. The Labute approximate surface area is 212 Å². The molecule has 186 valence electrons. The fourth-order valence-electron chi connectivity index (χ4n) is 6.30. The fourth-order valence-corrected chi connectivity index (χ4v) is 6.63. The number of benzene rings is 1. The Bertz CT molecular complexity index is 627. The SMILES string of the molecule is ClCC(Cl)c1ccc(CC(NC2CCCCC2)(NC2CCCCC2)NC2CCCCC2)cc1. The molecule has 3 fully saturated rings. The van der Waals surface area contributed by atoms with Gasteiger partial charge < -0.3 is 0 Å². The van der Waals surface area contributed by atoms with Crippen LogP contribution in [0.4, 0.5) is 0 Å². The number of halogens is 2. The van der Waals surface area contributed by atoms with Crippen LogP contribution in [0.2, 0.25) is 0 Å². The molecule has 0 saturated heterocycles. The van der Waals surface area contributed by atoms with Gasteiger partial charge in [-0.2, -0.15) is 0 Å². The Kier molecular flexibility index (Phi) is 10.2. The van der Waals surface area contributed by atoms with Crippen LogP contribution in [0.15, 0.2) is 24.3 Å². The standard InChI is InChI=1S/C28H45Cl2N3/c29-21-27(30)23-18-16-22(17-19-23)20-28(31-24-10-4-1-5-11-24,32-25-12-6-2-7-13-25)33-26-14-8-3-9-15-26/h16-19,24-27,31-33H,1-15,20-21H2. The molecular formula is C28H45Cl2N3. The summed E-state index contributed by atoms with van der Waals surface area (Å²) in [5.41, 5.74) is 2.47. The lowest BCUT2D eigenvalue weighted by Gasteiger charge is -2.46. The van der Waals surface area contributed by atoms with E-state index in [-0.39, 0.29) is 11.2 Å². The topological polar surface area (TPSA) is 36.1 Å². The number of hydrogen-bond donors (Lipinski definition) is 3. The summed E-state index contributed by atoms with van der Waals surface area (Å²) in [7, 11) is 0. The zero-order chi connectivity index (χ0) is 22.9. The molecule has 3 N–H and O–H groups in total. The second kappa shape index (κ2) is 13.1. The van der Waals surface area contributed by atoms with Crippen LogP contribution < -0.4 is 16.0 Å². The zero-order valence-electron chi connectivity index (χ0n) is 20.4. The first-order valence-corrected chi connectivity index (χ1v) is 14.7. The van der Waals surface area contributed by atoms with E-state index in [0.717, 1.165) is 12.0 Å². The average Bonchev–Trinajstić information content (AvgIpc) is 2.86. The smallest absolute Gasteiger partial charge is 0.128 e. The van der Waals surface area contributed by atoms with Gasteiger partial charge >= 0.3 is 0 Å². The zero-order valence-corrected chi connectivity index (χ0v) is 21.9. The van der Waals surface area contributed by atoms with Gasteiger partial charge in [0.1, 0.15) is 5.79 Å². The average molecular weight is 495 g/mol. The maximum Gasteiger partial charge on any atom is 0.128 e. The third-order valence-corrected chi connectivity index (χ3v) is 8.99. The van der Waals surface area contributed by atoms with Crippen molar-refractivity contribution in [1.29, 1.82) is 0 Å². The molecule has 0 bridgehead atoms. The van der Waals surface area contributed by atoms with Crippen molar-refractivity contribution < 1.29 is 0 Å². The molecule has 0 spiro atoms. The van der Waals surface area contributed by atoms with Gasteiger partial charge in [-0.15, -0.1) is 23.2 Å². The second-order valence-electron chi connectivity index (χ2n) is 10.9. The molecule has 0 radical (unpaired) electrons. The van der Waals surface area contributed by atoms with Crippen molar-refractivity contribution in [2.24, 2.45) is 0 Å². The van der Waals surface area contributed by atoms with E-state index < -0.39 is 0 Å². The van der Waals surface area contributed by atoms with Gasteiger partial charge in [-0.25, -0.2) is 0 Å². The normalized spacial score (nSPS) is 23.0. The van der Waals surface area contributed by atoms with Gasteiger partial charge in [0, 0.05) is 30.4 Å². The van der Waals surface area contributed by atoms with E-state index in [2.05, 4.69) is 40.2 Å². The first-order valence-electron chi connectivity index (χ1n) is 13.8. The molecule has 0 aliphatic heterocycles. The number of rotatable bonds is 10. The van der Waals surface area contributed by atoms with E-state index in [0.29, 0.717) is 24.0 Å². The minimum atomic E-state index is -0.250. The molecule has 4 rings (SSSR count). The molecule has 3 aliphatic rings. The Balaban J connectivity index is 1.58. The Morgan fingerprint density at radius 1 is 0.667 bits per heavy atom.